The standard InChI is InChI=1S/C17H14BrFN2/c18-17-13(5-3-6-14(17)19)15(20)10-12-9-8-11-4-1-2-7-16(11)21-12/h1-9,15H,10,20H2. The predicted octanol–water partition coefficient (Wildman–Crippen LogP) is 4.38. The third-order valence-corrected chi connectivity index (χ3v) is 4.30. The van der Waals surface area contributed by atoms with Gasteiger partial charge in [-0.15, -0.1) is 0 Å². The van der Waals surface area contributed by atoms with Crippen LogP contribution in [0.1, 0.15) is 17.3 Å². The van der Waals surface area contributed by atoms with Crippen LogP contribution in [0.3, 0.4) is 0 Å². The maximum Gasteiger partial charge on any atom is 0.137 e. The van der Waals surface area contributed by atoms with Crippen LogP contribution >= 0.6 is 15.9 Å². The molecule has 0 amide bonds. The van der Waals surface area contributed by atoms with Crippen molar-refractivity contribution in [3.63, 3.8) is 0 Å². The lowest BCUT2D eigenvalue weighted by Crippen LogP contribution is -2.15. The van der Waals surface area contributed by atoms with E-state index in [1.165, 1.54) is 6.07 Å². The molecule has 0 aliphatic carbocycles. The number of halogens is 2. The van der Waals surface area contributed by atoms with Crippen molar-refractivity contribution < 1.29 is 4.39 Å². The Bertz CT molecular complexity index is 789. The second-order valence-electron chi connectivity index (χ2n) is 4.95. The van der Waals surface area contributed by atoms with E-state index in [2.05, 4.69) is 20.9 Å². The Morgan fingerprint density at radius 3 is 2.71 bits per heavy atom. The van der Waals surface area contributed by atoms with Gasteiger partial charge in [0.1, 0.15) is 5.82 Å². The van der Waals surface area contributed by atoms with Crippen LogP contribution in [-0.2, 0) is 6.42 Å². The van der Waals surface area contributed by atoms with Crippen molar-refractivity contribution in [3.8, 4) is 0 Å². The topological polar surface area (TPSA) is 38.9 Å². The number of nitrogens with zero attached hydrogens (tertiary/aromatic N) is 1. The second-order valence-corrected chi connectivity index (χ2v) is 5.74. The van der Waals surface area contributed by atoms with Gasteiger partial charge in [0.25, 0.3) is 0 Å². The van der Waals surface area contributed by atoms with Gasteiger partial charge < -0.3 is 5.73 Å². The van der Waals surface area contributed by atoms with Crippen LogP contribution in [0.4, 0.5) is 4.39 Å². The number of para-hydroxylation sites is 1. The molecule has 0 bridgehead atoms. The molecule has 2 nitrogen and oxygen atoms in total. The fourth-order valence-electron chi connectivity index (χ4n) is 2.36. The Hall–Kier alpha value is -1.78. The molecule has 0 radical (unpaired) electrons. The van der Waals surface area contributed by atoms with Gasteiger partial charge in [-0.3, -0.25) is 4.98 Å². The predicted molar refractivity (Wildman–Crippen MR) is 86.5 cm³/mol. The molecule has 0 fully saturated rings. The number of fused-ring (bicyclic) bond motifs is 1. The molecule has 1 unspecified atom stereocenters. The number of nitrogens with two attached hydrogens (primary N) is 1. The van der Waals surface area contributed by atoms with Gasteiger partial charge in [0, 0.05) is 23.5 Å². The summed E-state index contributed by atoms with van der Waals surface area (Å²) in [5.41, 5.74) is 8.80. The van der Waals surface area contributed by atoms with Gasteiger partial charge in [-0.05, 0) is 39.7 Å². The van der Waals surface area contributed by atoms with Crippen LogP contribution in [0, 0.1) is 5.82 Å². The van der Waals surface area contributed by atoms with E-state index in [1.807, 2.05) is 42.5 Å². The summed E-state index contributed by atoms with van der Waals surface area (Å²) >= 11 is 3.26. The number of rotatable bonds is 3. The lowest BCUT2D eigenvalue weighted by atomic mass is 10.0. The summed E-state index contributed by atoms with van der Waals surface area (Å²) < 4.78 is 14.0. The van der Waals surface area contributed by atoms with Gasteiger partial charge >= 0.3 is 0 Å². The van der Waals surface area contributed by atoms with Crippen molar-refractivity contribution in [2.24, 2.45) is 5.73 Å². The van der Waals surface area contributed by atoms with Gasteiger partial charge in [-0.2, -0.15) is 0 Å². The molecule has 21 heavy (non-hydrogen) atoms. The number of benzene rings is 2. The van der Waals surface area contributed by atoms with E-state index in [9.17, 15) is 4.39 Å². The molecule has 3 aromatic rings. The Balaban J connectivity index is 1.89. The average Bonchev–Trinajstić information content (AvgIpc) is 2.50. The van der Waals surface area contributed by atoms with E-state index in [0.29, 0.717) is 10.9 Å². The van der Waals surface area contributed by atoms with Crippen molar-refractivity contribution in [2.75, 3.05) is 0 Å². The van der Waals surface area contributed by atoms with Crippen LogP contribution in [0.5, 0.6) is 0 Å². The van der Waals surface area contributed by atoms with Gasteiger partial charge in [-0.25, -0.2) is 4.39 Å². The first-order chi connectivity index (χ1) is 10.1. The molecule has 0 spiro atoms. The van der Waals surface area contributed by atoms with Crippen molar-refractivity contribution in [3.05, 3.63) is 76.1 Å². The molecule has 0 saturated heterocycles. The first-order valence-corrected chi connectivity index (χ1v) is 7.48. The van der Waals surface area contributed by atoms with Gasteiger partial charge in [0.05, 0.1) is 9.99 Å². The van der Waals surface area contributed by atoms with E-state index in [-0.39, 0.29) is 11.9 Å². The Morgan fingerprint density at radius 2 is 1.86 bits per heavy atom. The number of pyridine rings is 1. The van der Waals surface area contributed by atoms with Gasteiger partial charge in [0.15, 0.2) is 0 Å². The summed E-state index contributed by atoms with van der Waals surface area (Å²) in [5.74, 6) is -0.297. The summed E-state index contributed by atoms with van der Waals surface area (Å²) in [6.45, 7) is 0. The molecule has 0 aliphatic heterocycles. The third-order valence-electron chi connectivity index (χ3n) is 3.47. The molecular formula is C17H14BrFN2. The van der Waals surface area contributed by atoms with E-state index in [0.717, 1.165) is 22.2 Å². The largest absolute Gasteiger partial charge is 0.324 e. The van der Waals surface area contributed by atoms with E-state index in [1.54, 1.807) is 6.07 Å². The van der Waals surface area contributed by atoms with E-state index in [4.69, 9.17) is 5.73 Å². The van der Waals surface area contributed by atoms with Crippen molar-refractivity contribution >= 4 is 26.8 Å². The van der Waals surface area contributed by atoms with E-state index >= 15 is 0 Å². The summed E-state index contributed by atoms with van der Waals surface area (Å²) in [7, 11) is 0. The Labute approximate surface area is 130 Å². The first-order valence-electron chi connectivity index (χ1n) is 6.69. The summed E-state index contributed by atoms with van der Waals surface area (Å²) in [5, 5.41) is 1.10. The summed E-state index contributed by atoms with van der Waals surface area (Å²) in [6.07, 6.45) is 0.562. The minimum atomic E-state index is -0.302. The molecule has 1 aromatic heterocycles. The fourth-order valence-corrected chi connectivity index (χ4v) is 2.92. The second kappa shape index (κ2) is 5.92. The zero-order valence-corrected chi connectivity index (χ0v) is 12.8. The van der Waals surface area contributed by atoms with Crippen LogP contribution in [0.25, 0.3) is 10.9 Å². The fraction of sp³-hybridized carbons (Fsp3) is 0.118. The Morgan fingerprint density at radius 1 is 1.05 bits per heavy atom. The molecule has 4 heteroatoms. The van der Waals surface area contributed by atoms with Crippen LogP contribution in [0.2, 0.25) is 0 Å². The third kappa shape index (κ3) is 2.96. The van der Waals surface area contributed by atoms with Gasteiger partial charge in [-0.1, -0.05) is 36.4 Å². The molecule has 1 heterocycles. The molecular weight excluding hydrogens is 331 g/mol. The summed E-state index contributed by atoms with van der Waals surface area (Å²) in [4.78, 5) is 4.60. The van der Waals surface area contributed by atoms with Gasteiger partial charge in [0.2, 0.25) is 0 Å². The molecule has 2 aromatic carbocycles. The minimum Gasteiger partial charge on any atom is -0.324 e. The van der Waals surface area contributed by atoms with Crippen LogP contribution < -0.4 is 5.73 Å². The monoisotopic (exact) mass is 344 g/mol. The highest BCUT2D eigenvalue weighted by Gasteiger charge is 2.14. The molecule has 0 aliphatic rings. The maximum absolute atomic E-state index is 13.6. The highest BCUT2D eigenvalue weighted by molar-refractivity contribution is 9.10. The molecule has 1 atom stereocenters. The zero-order valence-electron chi connectivity index (χ0n) is 11.3. The van der Waals surface area contributed by atoms with Crippen LogP contribution in [0.15, 0.2) is 59.1 Å². The quantitative estimate of drug-likeness (QED) is 0.765. The smallest absolute Gasteiger partial charge is 0.137 e. The average molecular weight is 345 g/mol. The molecule has 2 N–H and O–H groups in total. The highest BCUT2D eigenvalue weighted by atomic mass is 79.9. The Kier molecular flexibility index (Phi) is 3.99. The van der Waals surface area contributed by atoms with Crippen molar-refractivity contribution in [1.29, 1.82) is 0 Å². The normalized spacial score (nSPS) is 12.5. The molecule has 0 saturated carbocycles. The van der Waals surface area contributed by atoms with E-state index < -0.39 is 0 Å². The highest BCUT2D eigenvalue weighted by Crippen LogP contribution is 2.27. The van der Waals surface area contributed by atoms with Crippen LogP contribution in [-0.4, -0.2) is 4.98 Å². The number of hydrogen-bond donors (Lipinski definition) is 1. The molecule has 3 rings (SSSR count). The molecule has 106 valence electrons. The maximum atomic E-state index is 13.6. The lowest BCUT2D eigenvalue weighted by molar-refractivity contribution is 0.609. The van der Waals surface area contributed by atoms with Crippen molar-refractivity contribution in [2.45, 2.75) is 12.5 Å². The first kappa shape index (κ1) is 14.2. The summed E-state index contributed by atoms with van der Waals surface area (Å²) in [6, 6.07) is 16.6. The number of hydrogen-bond acceptors (Lipinski definition) is 2. The lowest BCUT2D eigenvalue weighted by Gasteiger charge is -2.14. The van der Waals surface area contributed by atoms with Crippen molar-refractivity contribution in [1.82, 2.24) is 4.98 Å². The number of aromatic nitrogens is 1. The zero-order chi connectivity index (χ0) is 14.8. The minimum absolute atomic E-state index is 0.297. The SMILES string of the molecule is NC(Cc1ccc2ccccc2n1)c1cccc(F)c1Br.